The number of nitrogens with zero attached hydrogens (tertiary/aromatic N) is 1. The average Bonchev–Trinajstić information content (AvgIpc) is 2.74. The van der Waals surface area contributed by atoms with Gasteiger partial charge in [-0.25, -0.2) is 8.42 Å². The number of halogens is 2. The molecule has 0 saturated carbocycles. The maximum absolute atomic E-state index is 13.0. The van der Waals surface area contributed by atoms with Crippen LogP contribution < -0.4 is 10.6 Å². The Balaban J connectivity index is 2.36. The van der Waals surface area contributed by atoms with E-state index >= 15 is 0 Å². The molecule has 0 spiro atoms. The summed E-state index contributed by atoms with van der Waals surface area (Å²) in [5.74, 6) is -2.35. The second kappa shape index (κ2) is 10.2. The number of anilines is 2. The van der Waals surface area contributed by atoms with Crippen LogP contribution in [0.1, 0.15) is 25.8 Å². The van der Waals surface area contributed by atoms with Crippen molar-refractivity contribution in [2.75, 3.05) is 10.6 Å². The molecule has 0 bridgehead atoms. The molecule has 0 aliphatic carbocycles. The summed E-state index contributed by atoms with van der Waals surface area (Å²) >= 11 is 12.3. The molecule has 2 aromatic rings. The molecule has 0 aliphatic heterocycles. The van der Waals surface area contributed by atoms with E-state index in [1.165, 1.54) is 19.1 Å². The monoisotopic (exact) mass is 501 g/mol. The molecule has 0 aliphatic rings. The summed E-state index contributed by atoms with van der Waals surface area (Å²) in [6.45, 7) is 4.57. The zero-order valence-corrected chi connectivity index (χ0v) is 19.6. The second-order valence-corrected chi connectivity index (χ2v) is 9.74. The fourth-order valence-electron chi connectivity index (χ4n) is 2.72. The first-order chi connectivity index (χ1) is 14.9. The second-order valence-electron chi connectivity index (χ2n) is 6.83. The summed E-state index contributed by atoms with van der Waals surface area (Å²) in [5.41, 5.74) is 0.147. The highest BCUT2D eigenvalue weighted by Gasteiger charge is 2.33. The zero-order valence-electron chi connectivity index (χ0n) is 17.3. The Hall–Kier alpha value is -2.82. The lowest BCUT2D eigenvalue weighted by atomic mass is 10.2. The Morgan fingerprint density at radius 1 is 1.16 bits per heavy atom. The van der Waals surface area contributed by atoms with Crippen LogP contribution in [0.15, 0.2) is 40.4 Å². The van der Waals surface area contributed by atoms with E-state index in [9.17, 15) is 23.1 Å². The molecular formula is C20H21Cl2N3O6S. The summed E-state index contributed by atoms with van der Waals surface area (Å²) in [7, 11) is -4.01. The van der Waals surface area contributed by atoms with Crippen molar-refractivity contribution < 1.29 is 28.3 Å². The van der Waals surface area contributed by atoms with Gasteiger partial charge in [-0.2, -0.15) is 0 Å². The third-order valence-corrected chi connectivity index (χ3v) is 7.45. The lowest BCUT2D eigenvalue weighted by molar-refractivity contribution is -0.116. The van der Waals surface area contributed by atoms with Crippen molar-refractivity contribution >= 4 is 61.9 Å². The standard InChI is InChI=1S/C20H21Cl2N3O6S/c1-4-15(32(30,31)12-7-5-10(2)6-8-12)20(28)24-17-13(21)9-14(18(26)16(17)22)23-19(27)11(3)25-29/h5-9,15,26,29H,4H2,1-3H3,(H,23,27)(H,24,28). The molecule has 9 nitrogen and oxygen atoms in total. The number of benzene rings is 2. The molecule has 1 atom stereocenters. The maximum Gasteiger partial charge on any atom is 0.273 e. The summed E-state index contributed by atoms with van der Waals surface area (Å²) in [6.07, 6.45) is -0.0306. The number of aryl methyl sites for hydroxylation is 1. The highest BCUT2D eigenvalue weighted by molar-refractivity contribution is 7.92. The number of aromatic hydroxyl groups is 1. The average molecular weight is 502 g/mol. The molecule has 32 heavy (non-hydrogen) atoms. The van der Waals surface area contributed by atoms with Gasteiger partial charge in [0.15, 0.2) is 15.6 Å². The highest BCUT2D eigenvalue weighted by Crippen LogP contribution is 2.43. The fraction of sp³-hybridized carbons (Fsp3) is 0.250. The van der Waals surface area contributed by atoms with Crippen molar-refractivity contribution in [3.05, 3.63) is 45.9 Å². The minimum absolute atomic E-state index is 0.0101. The molecule has 2 rings (SSSR count). The molecule has 0 fully saturated rings. The van der Waals surface area contributed by atoms with Gasteiger partial charge >= 0.3 is 0 Å². The largest absolute Gasteiger partial charge is 0.504 e. The summed E-state index contributed by atoms with van der Waals surface area (Å²) in [5, 5.41) is 24.3. The molecule has 2 amide bonds. The van der Waals surface area contributed by atoms with Gasteiger partial charge in [-0.1, -0.05) is 53.0 Å². The SMILES string of the molecule is CCC(C(=O)Nc1c(Cl)cc(NC(=O)C(C)=NO)c(O)c1Cl)S(=O)(=O)c1ccc(C)cc1. The van der Waals surface area contributed by atoms with Gasteiger partial charge in [0.2, 0.25) is 5.91 Å². The minimum atomic E-state index is -4.01. The molecule has 172 valence electrons. The van der Waals surface area contributed by atoms with E-state index in [2.05, 4.69) is 15.8 Å². The number of sulfone groups is 1. The highest BCUT2D eigenvalue weighted by atomic mass is 35.5. The topological polar surface area (TPSA) is 145 Å². The zero-order chi connectivity index (χ0) is 24.2. The van der Waals surface area contributed by atoms with Crippen LogP contribution in [0.5, 0.6) is 5.75 Å². The van der Waals surface area contributed by atoms with Crippen molar-refractivity contribution in [2.24, 2.45) is 5.16 Å². The number of carbonyl (C=O) groups excluding carboxylic acids is 2. The number of phenols is 1. The lowest BCUT2D eigenvalue weighted by Crippen LogP contribution is -2.35. The molecule has 0 aromatic heterocycles. The van der Waals surface area contributed by atoms with Gasteiger partial charge in [-0.3, -0.25) is 9.59 Å². The summed E-state index contributed by atoms with van der Waals surface area (Å²) in [4.78, 5) is 24.7. The number of carbonyl (C=O) groups is 2. The van der Waals surface area contributed by atoms with Crippen LogP contribution in [-0.4, -0.2) is 41.5 Å². The van der Waals surface area contributed by atoms with Crippen LogP contribution in [0.25, 0.3) is 0 Å². The van der Waals surface area contributed by atoms with E-state index in [0.29, 0.717) is 0 Å². The fourth-order valence-corrected chi connectivity index (χ4v) is 4.89. The van der Waals surface area contributed by atoms with Crippen LogP contribution in [0.2, 0.25) is 10.0 Å². The van der Waals surface area contributed by atoms with Crippen molar-refractivity contribution in [2.45, 2.75) is 37.3 Å². The van der Waals surface area contributed by atoms with Crippen LogP contribution in [-0.2, 0) is 19.4 Å². The number of phenolic OH excluding ortho intramolecular Hbond substituents is 1. The first-order valence-electron chi connectivity index (χ1n) is 9.26. The minimum Gasteiger partial charge on any atom is -0.504 e. The van der Waals surface area contributed by atoms with E-state index in [-0.39, 0.29) is 33.4 Å². The molecular weight excluding hydrogens is 481 g/mol. The molecule has 0 heterocycles. The Labute approximate surface area is 195 Å². The molecule has 0 radical (unpaired) electrons. The van der Waals surface area contributed by atoms with Gasteiger partial charge in [0, 0.05) is 0 Å². The number of amides is 2. The number of nitrogens with one attached hydrogen (secondary N) is 2. The first kappa shape index (κ1) is 25.4. The number of rotatable bonds is 7. The van der Waals surface area contributed by atoms with Gasteiger partial charge in [0.1, 0.15) is 16.0 Å². The van der Waals surface area contributed by atoms with Crippen LogP contribution >= 0.6 is 23.2 Å². The first-order valence-corrected chi connectivity index (χ1v) is 11.6. The van der Waals surface area contributed by atoms with E-state index in [4.69, 9.17) is 28.4 Å². The number of hydrogen-bond donors (Lipinski definition) is 4. The lowest BCUT2D eigenvalue weighted by Gasteiger charge is -2.19. The molecule has 2 aromatic carbocycles. The normalized spacial score (nSPS) is 12.8. The van der Waals surface area contributed by atoms with Crippen molar-refractivity contribution in [3.63, 3.8) is 0 Å². The predicted octanol–water partition coefficient (Wildman–Crippen LogP) is 3.99. The molecule has 0 saturated heterocycles. The Morgan fingerprint density at radius 2 is 1.75 bits per heavy atom. The Morgan fingerprint density at radius 3 is 2.28 bits per heavy atom. The van der Waals surface area contributed by atoms with E-state index < -0.39 is 37.7 Å². The summed E-state index contributed by atoms with van der Waals surface area (Å²) < 4.78 is 25.9. The Bertz CT molecular complexity index is 1180. The van der Waals surface area contributed by atoms with Crippen LogP contribution in [0.4, 0.5) is 11.4 Å². The number of hydrogen-bond acceptors (Lipinski definition) is 7. The van der Waals surface area contributed by atoms with Crippen molar-refractivity contribution in [1.29, 1.82) is 0 Å². The van der Waals surface area contributed by atoms with Gasteiger partial charge < -0.3 is 20.9 Å². The van der Waals surface area contributed by atoms with Crippen molar-refractivity contribution in [1.82, 2.24) is 0 Å². The van der Waals surface area contributed by atoms with E-state index in [1.807, 2.05) is 0 Å². The Kier molecular flexibility index (Phi) is 8.11. The van der Waals surface area contributed by atoms with Crippen LogP contribution in [0, 0.1) is 6.92 Å². The molecule has 12 heteroatoms. The smallest absolute Gasteiger partial charge is 0.273 e. The number of oxime groups is 1. The molecule has 1 unspecified atom stereocenters. The quantitative estimate of drug-likeness (QED) is 0.195. The van der Waals surface area contributed by atoms with Gasteiger partial charge in [-0.15, -0.1) is 0 Å². The van der Waals surface area contributed by atoms with Gasteiger partial charge in [0.25, 0.3) is 5.91 Å². The van der Waals surface area contributed by atoms with E-state index in [0.717, 1.165) is 11.6 Å². The molecule has 4 N–H and O–H groups in total. The van der Waals surface area contributed by atoms with Crippen molar-refractivity contribution in [3.8, 4) is 5.75 Å². The maximum atomic E-state index is 13.0. The van der Waals surface area contributed by atoms with Gasteiger partial charge in [0.05, 0.1) is 21.3 Å². The third kappa shape index (κ3) is 5.32. The van der Waals surface area contributed by atoms with Crippen LogP contribution in [0.3, 0.4) is 0 Å². The van der Waals surface area contributed by atoms with Gasteiger partial charge in [-0.05, 0) is 38.5 Å². The summed E-state index contributed by atoms with van der Waals surface area (Å²) in [6, 6.07) is 7.19. The third-order valence-electron chi connectivity index (χ3n) is 4.55. The predicted molar refractivity (Wildman–Crippen MR) is 123 cm³/mol. The van der Waals surface area contributed by atoms with E-state index in [1.54, 1.807) is 26.0 Å².